The zero-order valence-electron chi connectivity index (χ0n) is 19.2. The van der Waals surface area contributed by atoms with Gasteiger partial charge in [0.25, 0.3) is 0 Å². The maximum atomic E-state index is 13.1. The normalized spacial score (nSPS) is 19.4. The first-order valence-electron chi connectivity index (χ1n) is 11.3. The van der Waals surface area contributed by atoms with E-state index >= 15 is 0 Å². The van der Waals surface area contributed by atoms with Gasteiger partial charge in [-0.05, 0) is 37.1 Å². The van der Waals surface area contributed by atoms with Crippen molar-refractivity contribution < 1.29 is 9.18 Å². The molecular formula is C23H37FN6O. The average molecular weight is 433 g/mol. The molecule has 8 heteroatoms. The number of anilines is 1. The van der Waals surface area contributed by atoms with Crippen LogP contribution in [0.4, 0.5) is 10.1 Å². The molecule has 1 aliphatic carbocycles. The summed E-state index contributed by atoms with van der Waals surface area (Å²) >= 11 is 0. The summed E-state index contributed by atoms with van der Waals surface area (Å²) < 4.78 is 13.1. The van der Waals surface area contributed by atoms with E-state index in [0.29, 0.717) is 6.54 Å². The summed E-state index contributed by atoms with van der Waals surface area (Å²) in [6, 6.07) is 6.73. The SMILES string of the molecule is CN=C(NCCN1CCN(c2ccc(F)cc2)CC1)NCC1(C(=O)N(C)C)CCCC1. The molecule has 1 saturated carbocycles. The van der Waals surface area contributed by atoms with Crippen LogP contribution in [-0.4, -0.2) is 88.6 Å². The fraction of sp³-hybridized carbons (Fsp3) is 0.652. The van der Waals surface area contributed by atoms with Gasteiger partial charge < -0.3 is 20.4 Å². The summed E-state index contributed by atoms with van der Waals surface area (Å²) in [5.74, 6) is 0.773. The monoisotopic (exact) mass is 432 g/mol. The van der Waals surface area contributed by atoms with Crippen LogP contribution in [0, 0.1) is 11.2 Å². The number of nitrogens with one attached hydrogen (secondary N) is 2. The summed E-state index contributed by atoms with van der Waals surface area (Å²) in [6.07, 6.45) is 4.09. The molecule has 0 unspecified atom stereocenters. The molecule has 0 radical (unpaired) electrons. The molecule has 1 heterocycles. The predicted octanol–water partition coefficient (Wildman–Crippen LogP) is 1.76. The zero-order chi connectivity index (χ0) is 22.3. The van der Waals surface area contributed by atoms with Gasteiger partial charge in [0.1, 0.15) is 5.82 Å². The number of nitrogens with zero attached hydrogens (tertiary/aromatic N) is 4. The second-order valence-electron chi connectivity index (χ2n) is 8.84. The van der Waals surface area contributed by atoms with Crippen molar-refractivity contribution in [3.8, 4) is 0 Å². The van der Waals surface area contributed by atoms with Crippen LogP contribution in [0.3, 0.4) is 0 Å². The minimum absolute atomic E-state index is 0.194. The number of carbonyl (C=O) groups excluding carboxylic acids is 1. The van der Waals surface area contributed by atoms with Crippen LogP contribution in [0.25, 0.3) is 0 Å². The number of amides is 1. The van der Waals surface area contributed by atoms with E-state index in [1.807, 2.05) is 26.2 Å². The van der Waals surface area contributed by atoms with E-state index in [-0.39, 0.29) is 17.1 Å². The first-order chi connectivity index (χ1) is 14.9. The standard InChI is InChI=1S/C23H37FN6O/c1-25-22(27-18-23(10-4-5-11-23)21(31)28(2)3)26-12-13-29-14-16-30(17-15-29)20-8-6-19(24)7-9-20/h6-9H,4-5,10-18H2,1-3H3,(H2,25,26,27). The third-order valence-corrected chi connectivity index (χ3v) is 6.52. The van der Waals surface area contributed by atoms with Crippen LogP contribution in [0.5, 0.6) is 0 Å². The van der Waals surface area contributed by atoms with Gasteiger partial charge in [0, 0.05) is 72.6 Å². The number of guanidine groups is 1. The highest BCUT2D eigenvalue weighted by molar-refractivity contribution is 5.85. The number of hydrogen-bond acceptors (Lipinski definition) is 4. The van der Waals surface area contributed by atoms with Crippen molar-refractivity contribution in [3.63, 3.8) is 0 Å². The van der Waals surface area contributed by atoms with Crippen LogP contribution < -0.4 is 15.5 Å². The molecule has 172 valence electrons. The van der Waals surface area contributed by atoms with Gasteiger partial charge in [-0.15, -0.1) is 0 Å². The molecular weight excluding hydrogens is 395 g/mol. The van der Waals surface area contributed by atoms with E-state index in [4.69, 9.17) is 0 Å². The summed E-state index contributed by atoms with van der Waals surface area (Å²) in [4.78, 5) is 23.5. The van der Waals surface area contributed by atoms with Gasteiger partial charge >= 0.3 is 0 Å². The van der Waals surface area contributed by atoms with Gasteiger partial charge in [-0.3, -0.25) is 14.7 Å². The molecule has 1 aromatic carbocycles. The Labute approximate surface area is 185 Å². The zero-order valence-corrected chi connectivity index (χ0v) is 19.2. The molecule has 0 spiro atoms. The Morgan fingerprint density at radius 3 is 2.32 bits per heavy atom. The number of piperazine rings is 1. The summed E-state index contributed by atoms with van der Waals surface area (Å²) in [5, 5.41) is 6.79. The van der Waals surface area contributed by atoms with E-state index in [0.717, 1.165) is 76.6 Å². The highest BCUT2D eigenvalue weighted by Crippen LogP contribution is 2.38. The fourth-order valence-electron chi connectivity index (χ4n) is 4.68. The highest BCUT2D eigenvalue weighted by Gasteiger charge is 2.42. The number of hydrogen-bond donors (Lipinski definition) is 2. The molecule has 2 fully saturated rings. The van der Waals surface area contributed by atoms with Gasteiger partial charge in [0.05, 0.1) is 5.41 Å². The molecule has 7 nitrogen and oxygen atoms in total. The second kappa shape index (κ2) is 10.8. The Kier molecular flexibility index (Phi) is 8.12. The average Bonchev–Trinajstić information content (AvgIpc) is 3.26. The number of rotatable bonds is 7. The number of benzene rings is 1. The van der Waals surface area contributed by atoms with E-state index in [1.54, 1.807) is 11.9 Å². The topological polar surface area (TPSA) is 63.2 Å². The fourth-order valence-corrected chi connectivity index (χ4v) is 4.68. The van der Waals surface area contributed by atoms with E-state index in [2.05, 4.69) is 25.4 Å². The number of carbonyl (C=O) groups is 1. The maximum absolute atomic E-state index is 13.1. The summed E-state index contributed by atoms with van der Waals surface area (Å²) in [6.45, 7) is 6.18. The lowest BCUT2D eigenvalue weighted by Crippen LogP contribution is -2.51. The van der Waals surface area contributed by atoms with Crippen LogP contribution in [-0.2, 0) is 4.79 Å². The highest BCUT2D eigenvalue weighted by atomic mass is 19.1. The molecule has 0 aromatic heterocycles. The van der Waals surface area contributed by atoms with Crippen molar-refractivity contribution in [1.82, 2.24) is 20.4 Å². The molecule has 2 aliphatic rings. The molecule has 2 N–H and O–H groups in total. The third kappa shape index (κ3) is 6.09. The summed E-state index contributed by atoms with van der Waals surface area (Å²) in [7, 11) is 5.45. The first-order valence-corrected chi connectivity index (χ1v) is 11.3. The van der Waals surface area contributed by atoms with E-state index < -0.39 is 0 Å². The van der Waals surface area contributed by atoms with Gasteiger partial charge in [-0.2, -0.15) is 0 Å². The quantitative estimate of drug-likeness (QED) is 0.508. The van der Waals surface area contributed by atoms with Crippen LogP contribution in [0.1, 0.15) is 25.7 Å². The van der Waals surface area contributed by atoms with E-state index in [1.165, 1.54) is 12.1 Å². The van der Waals surface area contributed by atoms with Gasteiger partial charge in [0.2, 0.25) is 5.91 Å². The van der Waals surface area contributed by atoms with Crippen molar-refractivity contribution >= 4 is 17.6 Å². The molecule has 31 heavy (non-hydrogen) atoms. The van der Waals surface area contributed by atoms with Crippen molar-refractivity contribution in [3.05, 3.63) is 30.1 Å². The first kappa shape index (κ1) is 23.3. The molecule has 0 atom stereocenters. The lowest BCUT2D eigenvalue weighted by molar-refractivity contribution is -0.138. The molecule has 1 aliphatic heterocycles. The minimum Gasteiger partial charge on any atom is -0.369 e. The Morgan fingerprint density at radius 1 is 1.10 bits per heavy atom. The number of halogens is 1. The van der Waals surface area contributed by atoms with Gasteiger partial charge in [-0.1, -0.05) is 12.8 Å². The Balaban J connectivity index is 1.39. The van der Waals surface area contributed by atoms with Gasteiger partial charge in [0.15, 0.2) is 5.96 Å². The molecule has 1 aromatic rings. The molecule has 1 amide bonds. The molecule has 3 rings (SSSR count). The Hall–Kier alpha value is -2.35. The summed E-state index contributed by atoms with van der Waals surface area (Å²) in [5.41, 5.74) is 0.773. The van der Waals surface area contributed by atoms with Crippen molar-refractivity contribution in [2.45, 2.75) is 25.7 Å². The molecule has 0 bridgehead atoms. The number of aliphatic imine (C=N–C) groups is 1. The van der Waals surface area contributed by atoms with Crippen molar-refractivity contribution in [1.29, 1.82) is 0 Å². The predicted molar refractivity (Wildman–Crippen MR) is 124 cm³/mol. The van der Waals surface area contributed by atoms with Crippen LogP contribution >= 0.6 is 0 Å². The van der Waals surface area contributed by atoms with Crippen LogP contribution in [0.2, 0.25) is 0 Å². The lowest BCUT2D eigenvalue weighted by Gasteiger charge is -2.36. The van der Waals surface area contributed by atoms with Crippen LogP contribution in [0.15, 0.2) is 29.3 Å². The smallest absolute Gasteiger partial charge is 0.230 e. The van der Waals surface area contributed by atoms with E-state index in [9.17, 15) is 9.18 Å². The van der Waals surface area contributed by atoms with Crippen molar-refractivity contribution in [2.75, 3.05) is 71.9 Å². The maximum Gasteiger partial charge on any atom is 0.230 e. The Bertz CT molecular complexity index is 737. The van der Waals surface area contributed by atoms with Crippen molar-refractivity contribution in [2.24, 2.45) is 10.4 Å². The molecule has 1 saturated heterocycles. The minimum atomic E-state index is -0.308. The Morgan fingerprint density at radius 2 is 1.74 bits per heavy atom. The third-order valence-electron chi connectivity index (χ3n) is 6.52. The van der Waals surface area contributed by atoms with Gasteiger partial charge in [-0.25, -0.2) is 4.39 Å². The second-order valence-corrected chi connectivity index (χ2v) is 8.84. The largest absolute Gasteiger partial charge is 0.369 e. The lowest BCUT2D eigenvalue weighted by atomic mass is 9.84.